The zero-order chi connectivity index (χ0) is 13.1. The van der Waals surface area contributed by atoms with Crippen LogP contribution in [0.4, 0.5) is 0 Å². The number of nitrogens with two attached hydrogens (primary N) is 1. The van der Waals surface area contributed by atoms with Crippen molar-refractivity contribution in [1.82, 2.24) is 4.90 Å². The standard InChI is InChI=1S/C14H20BrClN2/c1-18(14-4-2-3-10(14)8-17)9-11-7-12(15)5-6-13(11)16/h5-7,10,14H,2-4,8-9,17H2,1H3. The molecule has 0 amide bonds. The average Bonchev–Trinajstić information content (AvgIpc) is 2.82. The van der Waals surface area contributed by atoms with Gasteiger partial charge in [0, 0.05) is 22.1 Å². The molecular weight excluding hydrogens is 312 g/mol. The van der Waals surface area contributed by atoms with Crippen molar-refractivity contribution in [3.05, 3.63) is 33.3 Å². The summed E-state index contributed by atoms with van der Waals surface area (Å²) >= 11 is 9.74. The maximum atomic E-state index is 6.25. The summed E-state index contributed by atoms with van der Waals surface area (Å²) in [6, 6.07) is 6.63. The largest absolute Gasteiger partial charge is 0.330 e. The van der Waals surface area contributed by atoms with E-state index in [0.29, 0.717) is 12.0 Å². The van der Waals surface area contributed by atoms with Gasteiger partial charge in [-0.15, -0.1) is 0 Å². The highest BCUT2D eigenvalue weighted by molar-refractivity contribution is 9.10. The number of hydrogen-bond acceptors (Lipinski definition) is 2. The first-order valence-corrected chi connectivity index (χ1v) is 7.63. The molecule has 2 N–H and O–H groups in total. The summed E-state index contributed by atoms with van der Waals surface area (Å²) in [4.78, 5) is 2.40. The number of benzene rings is 1. The maximum Gasteiger partial charge on any atom is 0.0451 e. The predicted octanol–water partition coefficient (Wildman–Crippen LogP) is 3.66. The lowest BCUT2D eigenvalue weighted by atomic mass is 10.0. The Hall–Kier alpha value is -0.0900. The van der Waals surface area contributed by atoms with Crippen LogP contribution in [0.5, 0.6) is 0 Å². The summed E-state index contributed by atoms with van der Waals surface area (Å²) in [7, 11) is 2.18. The van der Waals surface area contributed by atoms with Gasteiger partial charge in [0.1, 0.15) is 0 Å². The van der Waals surface area contributed by atoms with Crippen molar-refractivity contribution in [2.75, 3.05) is 13.6 Å². The minimum Gasteiger partial charge on any atom is -0.330 e. The lowest BCUT2D eigenvalue weighted by molar-refractivity contribution is 0.193. The second-order valence-corrected chi connectivity index (χ2v) is 6.47. The first kappa shape index (κ1) is 14.3. The molecule has 1 aromatic carbocycles. The van der Waals surface area contributed by atoms with E-state index in [4.69, 9.17) is 17.3 Å². The van der Waals surface area contributed by atoms with Gasteiger partial charge in [0.15, 0.2) is 0 Å². The minimum absolute atomic E-state index is 0.602. The SMILES string of the molecule is CN(Cc1cc(Br)ccc1Cl)C1CCCC1CN. The molecule has 4 heteroatoms. The third-order valence-corrected chi connectivity index (χ3v) is 4.78. The first-order valence-electron chi connectivity index (χ1n) is 6.46. The van der Waals surface area contributed by atoms with Gasteiger partial charge in [0.25, 0.3) is 0 Å². The Bertz CT molecular complexity index is 411. The molecule has 1 fully saturated rings. The van der Waals surface area contributed by atoms with Gasteiger partial charge in [0.2, 0.25) is 0 Å². The average molecular weight is 332 g/mol. The van der Waals surface area contributed by atoms with E-state index in [1.165, 1.54) is 24.8 Å². The van der Waals surface area contributed by atoms with Gasteiger partial charge in [0.05, 0.1) is 0 Å². The van der Waals surface area contributed by atoms with Crippen LogP contribution in [0.15, 0.2) is 22.7 Å². The Morgan fingerprint density at radius 2 is 2.22 bits per heavy atom. The quantitative estimate of drug-likeness (QED) is 0.912. The van der Waals surface area contributed by atoms with Crippen LogP contribution in [0.1, 0.15) is 24.8 Å². The molecule has 1 aliphatic carbocycles. The highest BCUT2D eigenvalue weighted by Gasteiger charge is 2.29. The van der Waals surface area contributed by atoms with Crippen LogP contribution < -0.4 is 5.73 Å². The fourth-order valence-corrected chi connectivity index (χ4v) is 3.51. The molecule has 1 aromatic rings. The molecule has 0 spiro atoms. The normalized spacial score (nSPS) is 23.8. The second kappa shape index (κ2) is 6.38. The molecule has 0 heterocycles. The van der Waals surface area contributed by atoms with Crippen LogP contribution >= 0.6 is 27.5 Å². The molecule has 18 heavy (non-hydrogen) atoms. The monoisotopic (exact) mass is 330 g/mol. The lowest BCUT2D eigenvalue weighted by Gasteiger charge is -2.29. The molecule has 0 bridgehead atoms. The van der Waals surface area contributed by atoms with Gasteiger partial charge in [-0.1, -0.05) is 34.0 Å². The van der Waals surface area contributed by atoms with E-state index >= 15 is 0 Å². The Balaban J connectivity index is 2.06. The van der Waals surface area contributed by atoms with Crippen LogP contribution in [0.2, 0.25) is 5.02 Å². The highest BCUT2D eigenvalue weighted by Crippen LogP contribution is 2.30. The van der Waals surface area contributed by atoms with Crippen LogP contribution in [-0.2, 0) is 6.54 Å². The van der Waals surface area contributed by atoms with Crippen LogP contribution in [0.25, 0.3) is 0 Å². The molecule has 2 rings (SSSR count). The summed E-state index contributed by atoms with van der Waals surface area (Å²) < 4.78 is 1.08. The van der Waals surface area contributed by atoms with E-state index in [9.17, 15) is 0 Å². The summed E-state index contributed by atoms with van der Waals surface area (Å²) in [5.74, 6) is 0.640. The smallest absolute Gasteiger partial charge is 0.0451 e. The Morgan fingerprint density at radius 3 is 2.94 bits per heavy atom. The summed E-state index contributed by atoms with van der Waals surface area (Å²) in [5, 5.41) is 0.840. The van der Waals surface area contributed by atoms with Gasteiger partial charge in [-0.3, -0.25) is 4.90 Å². The molecule has 2 nitrogen and oxygen atoms in total. The predicted molar refractivity (Wildman–Crippen MR) is 80.8 cm³/mol. The van der Waals surface area contributed by atoms with Crippen LogP contribution in [-0.4, -0.2) is 24.5 Å². The molecule has 0 aromatic heterocycles. The van der Waals surface area contributed by atoms with Gasteiger partial charge < -0.3 is 5.73 Å². The van der Waals surface area contributed by atoms with E-state index in [1.54, 1.807) is 0 Å². The Morgan fingerprint density at radius 1 is 1.44 bits per heavy atom. The number of hydrogen-bond donors (Lipinski definition) is 1. The molecule has 1 saturated carbocycles. The molecule has 100 valence electrons. The number of halogens is 2. The maximum absolute atomic E-state index is 6.25. The summed E-state index contributed by atoms with van der Waals surface area (Å²) in [6.45, 7) is 1.68. The van der Waals surface area contributed by atoms with Gasteiger partial charge in [-0.05, 0) is 56.1 Å². The molecule has 0 aliphatic heterocycles. The van der Waals surface area contributed by atoms with E-state index in [1.807, 2.05) is 12.1 Å². The van der Waals surface area contributed by atoms with Gasteiger partial charge in [-0.2, -0.15) is 0 Å². The first-order chi connectivity index (χ1) is 8.61. The van der Waals surface area contributed by atoms with Crippen LogP contribution in [0, 0.1) is 5.92 Å². The van der Waals surface area contributed by atoms with Crippen molar-refractivity contribution in [2.24, 2.45) is 11.7 Å². The fraction of sp³-hybridized carbons (Fsp3) is 0.571. The molecule has 2 unspecified atom stereocenters. The molecule has 0 radical (unpaired) electrons. The third-order valence-electron chi connectivity index (χ3n) is 3.92. The van der Waals surface area contributed by atoms with Crippen molar-refractivity contribution in [2.45, 2.75) is 31.8 Å². The molecular formula is C14H20BrClN2. The van der Waals surface area contributed by atoms with E-state index in [0.717, 1.165) is 22.6 Å². The molecule has 1 aliphatic rings. The van der Waals surface area contributed by atoms with Crippen molar-refractivity contribution < 1.29 is 0 Å². The van der Waals surface area contributed by atoms with Crippen LogP contribution in [0.3, 0.4) is 0 Å². The van der Waals surface area contributed by atoms with E-state index < -0.39 is 0 Å². The summed E-state index contributed by atoms with van der Waals surface area (Å²) in [5.41, 5.74) is 7.03. The Labute approximate surface area is 123 Å². The summed E-state index contributed by atoms with van der Waals surface area (Å²) in [6.07, 6.45) is 3.81. The second-order valence-electron chi connectivity index (χ2n) is 5.14. The van der Waals surface area contributed by atoms with Crippen molar-refractivity contribution >= 4 is 27.5 Å². The van der Waals surface area contributed by atoms with Crippen molar-refractivity contribution in [1.29, 1.82) is 0 Å². The minimum atomic E-state index is 0.602. The molecule has 2 atom stereocenters. The number of nitrogens with zero attached hydrogens (tertiary/aromatic N) is 1. The topological polar surface area (TPSA) is 29.3 Å². The lowest BCUT2D eigenvalue weighted by Crippen LogP contribution is -2.37. The number of rotatable bonds is 4. The van der Waals surface area contributed by atoms with E-state index in [2.05, 4.69) is 33.9 Å². The fourth-order valence-electron chi connectivity index (χ4n) is 2.92. The molecule has 0 saturated heterocycles. The van der Waals surface area contributed by atoms with Crippen molar-refractivity contribution in [3.63, 3.8) is 0 Å². The Kier molecular flexibility index (Phi) is 5.07. The zero-order valence-electron chi connectivity index (χ0n) is 10.7. The van der Waals surface area contributed by atoms with Gasteiger partial charge in [-0.25, -0.2) is 0 Å². The van der Waals surface area contributed by atoms with Crippen molar-refractivity contribution in [3.8, 4) is 0 Å². The van der Waals surface area contributed by atoms with Gasteiger partial charge >= 0.3 is 0 Å². The van der Waals surface area contributed by atoms with E-state index in [-0.39, 0.29) is 0 Å². The third kappa shape index (κ3) is 3.27. The zero-order valence-corrected chi connectivity index (χ0v) is 13.0. The highest BCUT2D eigenvalue weighted by atomic mass is 79.9.